The third kappa shape index (κ3) is 3.35. The molecule has 0 aliphatic carbocycles. The largest absolute Gasteiger partial charge is 0.387 e. The molecule has 2 rings (SSSR count). The van der Waals surface area contributed by atoms with Gasteiger partial charge in [-0.2, -0.15) is 5.10 Å². The van der Waals surface area contributed by atoms with E-state index < -0.39 is 6.10 Å². The first-order valence-corrected chi connectivity index (χ1v) is 6.59. The molecule has 1 unspecified atom stereocenters. The van der Waals surface area contributed by atoms with Gasteiger partial charge in [0, 0.05) is 20.1 Å². The Hall–Kier alpha value is -1.36. The van der Waals surface area contributed by atoms with E-state index in [2.05, 4.69) is 10.4 Å². The van der Waals surface area contributed by atoms with Gasteiger partial charge in [0.25, 0.3) is 0 Å². The molecule has 1 atom stereocenters. The Morgan fingerprint density at radius 3 is 2.63 bits per heavy atom. The fourth-order valence-electron chi connectivity index (χ4n) is 1.99. The summed E-state index contributed by atoms with van der Waals surface area (Å²) in [7, 11) is 1.86. The number of hydrogen-bond donors (Lipinski definition) is 2. The van der Waals surface area contributed by atoms with E-state index >= 15 is 0 Å². The summed E-state index contributed by atoms with van der Waals surface area (Å²) >= 11 is 6.16. The van der Waals surface area contributed by atoms with Crippen LogP contribution in [-0.2, 0) is 13.6 Å². The SMILES string of the molecule is Cc1nn(C)c(CNCC(O)c2ccccc2)c1Cl. The summed E-state index contributed by atoms with van der Waals surface area (Å²) in [6.45, 7) is 2.94. The summed E-state index contributed by atoms with van der Waals surface area (Å²) in [5, 5.41) is 18.2. The standard InChI is InChI=1S/C14H18ClN3O/c1-10-14(15)12(18(2)17-10)8-16-9-13(19)11-6-4-3-5-7-11/h3-7,13,16,19H,8-9H2,1-2H3. The zero-order valence-corrected chi connectivity index (χ0v) is 11.9. The van der Waals surface area contributed by atoms with E-state index in [1.807, 2.05) is 44.3 Å². The predicted octanol–water partition coefficient (Wildman–Crippen LogP) is 2.21. The van der Waals surface area contributed by atoms with Gasteiger partial charge in [-0.15, -0.1) is 0 Å². The van der Waals surface area contributed by atoms with E-state index in [0.717, 1.165) is 17.0 Å². The summed E-state index contributed by atoms with van der Waals surface area (Å²) in [6, 6.07) is 9.59. The van der Waals surface area contributed by atoms with E-state index in [-0.39, 0.29) is 0 Å². The van der Waals surface area contributed by atoms with Crippen molar-refractivity contribution >= 4 is 11.6 Å². The topological polar surface area (TPSA) is 50.1 Å². The number of nitrogens with one attached hydrogen (secondary N) is 1. The highest BCUT2D eigenvalue weighted by Gasteiger charge is 2.11. The molecule has 0 aliphatic heterocycles. The minimum atomic E-state index is -0.519. The Bertz CT molecular complexity index is 539. The number of rotatable bonds is 5. The normalized spacial score (nSPS) is 12.6. The summed E-state index contributed by atoms with van der Waals surface area (Å²) < 4.78 is 1.76. The highest BCUT2D eigenvalue weighted by molar-refractivity contribution is 6.31. The van der Waals surface area contributed by atoms with E-state index in [4.69, 9.17) is 11.6 Å². The van der Waals surface area contributed by atoms with Gasteiger partial charge >= 0.3 is 0 Å². The molecular weight excluding hydrogens is 262 g/mol. The van der Waals surface area contributed by atoms with Crippen molar-refractivity contribution in [3.8, 4) is 0 Å². The van der Waals surface area contributed by atoms with Gasteiger partial charge in [0.2, 0.25) is 0 Å². The van der Waals surface area contributed by atoms with Crippen molar-refractivity contribution in [1.82, 2.24) is 15.1 Å². The monoisotopic (exact) mass is 279 g/mol. The second-order valence-electron chi connectivity index (χ2n) is 4.53. The minimum absolute atomic E-state index is 0.477. The Labute approximate surface area is 118 Å². The van der Waals surface area contributed by atoms with Crippen molar-refractivity contribution in [2.24, 2.45) is 7.05 Å². The van der Waals surface area contributed by atoms with Gasteiger partial charge in [0.1, 0.15) is 0 Å². The lowest BCUT2D eigenvalue weighted by molar-refractivity contribution is 0.174. The van der Waals surface area contributed by atoms with Crippen LogP contribution >= 0.6 is 11.6 Å². The summed E-state index contributed by atoms with van der Waals surface area (Å²) in [5.41, 5.74) is 2.66. The van der Waals surface area contributed by atoms with Gasteiger partial charge in [-0.1, -0.05) is 41.9 Å². The summed E-state index contributed by atoms with van der Waals surface area (Å²) in [5.74, 6) is 0. The fourth-order valence-corrected chi connectivity index (χ4v) is 2.22. The van der Waals surface area contributed by atoms with E-state index in [1.165, 1.54) is 0 Å². The molecule has 2 aromatic rings. The maximum absolute atomic E-state index is 10.0. The van der Waals surface area contributed by atoms with Crippen LogP contribution in [0.5, 0.6) is 0 Å². The minimum Gasteiger partial charge on any atom is -0.387 e. The molecule has 1 aromatic carbocycles. The molecule has 0 fully saturated rings. The molecule has 1 aromatic heterocycles. The number of aliphatic hydroxyl groups is 1. The molecular formula is C14H18ClN3O. The Morgan fingerprint density at radius 2 is 2.05 bits per heavy atom. The van der Waals surface area contributed by atoms with Crippen LogP contribution in [0.3, 0.4) is 0 Å². The molecule has 1 heterocycles. The van der Waals surface area contributed by atoms with Gasteiger partial charge in [-0.25, -0.2) is 0 Å². The van der Waals surface area contributed by atoms with Gasteiger partial charge < -0.3 is 10.4 Å². The van der Waals surface area contributed by atoms with Gasteiger partial charge in [0.15, 0.2) is 0 Å². The maximum Gasteiger partial charge on any atom is 0.0914 e. The van der Waals surface area contributed by atoms with Crippen molar-refractivity contribution in [2.45, 2.75) is 19.6 Å². The Morgan fingerprint density at radius 1 is 1.37 bits per heavy atom. The molecule has 5 heteroatoms. The van der Waals surface area contributed by atoms with E-state index in [9.17, 15) is 5.11 Å². The quantitative estimate of drug-likeness (QED) is 0.882. The molecule has 0 amide bonds. The molecule has 4 nitrogen and oxygen atoms in total. The van der Waals surface area contributed by atoms with Crippen LogP contribution in [0.2, 0.25) is 5.02 Å². The second-order valence-corrected chi connectivity index (χ2v) is 4.91. The number of aliphatic hydroxyl groups excluding tert-OH is 1. The first-order chi connectivity index (χ1) is 9.09. The third-order valence-corrected chi connectivity index (χ3v) is 3.57. The third-order valence-electron chi connectivity index (χ3n) is 3.08. The lowest BCUT2D eigenvalue weighted by atomic mass is 10.1. The van der Waals surface area contributed by atoms with Crippen LogP contribution < -0.4 is 5.32 Å². The number of hydrogen-bond acceptors (Lipinski definition) is 3. The average Bonchev–Trinajstić information content (AvgIpc) is 2.66. The molecule has 0 radical (unpaired) electrons. The molecule has 0 bridgehead atoms. The van der Waals surface area contributed by atoms with Crippen molar-refractivity contribution in [3.05, 3.63) is 52.3 Å². The molecule has 19 heavy (non-hydrogen) atoms. The molecule has 0 aliphatic rings. The fraction of sp³-hybridized carbons (Fsp3) is 0.357. The van der Waals surface area contributed by atoms with Gasteiger partial charge in [-0.05, 0) is 12.5 Å². The summed E-state index contributed by atoms with van der Waals surface area (Å²) in [6.07, 6.45) is -0.519. The summed E-state index contributed by atoms with van der Waals surface area (Å²) in [4.78, 5) is 0. The molecule has 0 spiro atoms. The Balaban J connectivity index is 1.90. The average molecular weight is 280 g/mol. The molecule has 0 saturated heterocycles. The first-order valence-electron chi connectivity index (χ1n) is 6.21. The van der Waals surface area contributed by atoms with Crippen LogP contribution in [0.1, 0.15) is 23.1 Å². The molecule has 102 valence electrons. The van der Waals surface area contributed by atoms with Crippen molar-refractivity contribution in [2.75, 3.05) is 6.54 Å². The zero-order valence-electron chi connectivity index (χ0n) is 11.1. The number of aryl methyl sites for hydroxylation is 2. The number of benzene rings is 1. The van der Waals surface area contributed by atoms with Crippen molar-refractivity contribution in [1.29, 1.82) is 0 Å². The smallest absolute Gasteiger partial charge is 0.0914 e. The zero-order chi connectivity index (χ0) is 13.8. The van der Waals surface area contributed by atoms with Crippen LogP contribution in [-0.4, -0.2) is 21.4 Å². The number of aromatic nitrogens is 2. The Kier molecular flexibility index (Phi) is 4.58. The van der Waals surface area contributed by atoms with Crippen LogP contribution in [0, 0.1) is 6.92 Å². The van der Waals surface area contributed by atoms with Crippen LogP contribution in [0.15, 0.2) is 30.3 Å². The first kappa shape index (κ1) is 14.1. The highest BCUT2D eigenvalue weighted by atomic mass is 35.5. The molecule has 0 saturated carbocycles. The van der Waals surface area contributed by atoms with Gasteiger partial charge in [0.05, 0.1) is 22.5 Å². The highest BCUT2D eigenvalue weighted by Crippen LogP contribution is 2.19. The number of halogens is 1. The lowest BCUT2D eigenvalue weighted by Crippen LogP contribution is -2.22. The second kappa shape index (κ2) is 6.19. The lowest BCUT2D eigenvalue weighted by Gasteiger charge is -2.12. The van der Waals surface area contributed by atoms with E-state index in [0.29, 0.717) is 18.1 Å². The van der Waals surface area contributed by atoms with Crippen LogP contribution in [0.4, 0.5) is 0 Å². The van der Waals surface area contributed by atoms with Crippen molar-refractivity contribution < 1.29 is 5.11 Å². The maximum atomic E-state index is 10.0. The molecule has 2 N–H and O–H groups in total. The number of nitrogens with zero attached hydrogens (tertiary/aromatic N) is 2. The predicted molar refractivity (Wildman–Crippen MR) is 76.1 cm³/mol. The van der Waals surface area contributed by atoms with Crippen LogP contribution in [0.25, 0.3) is 0 Å². The van der Waals surface area contributed by atoms with Crippen molar-refractivity contribution in [3.63, 3.8) is 0 Å². The van der Waals surface area contributed by atoms with Gasteiger partial charge in [-0.3, -0.25) is 4.68 Å². The van der Waals surface area contributed by atoms with E-state index in [1.54, 1.807) is 4.68 Å².